The van der Waals surface area contributed by atoms with Gasteiger partial charge < -0.3 is 14.6 Å². The second-order valence-electron chi connectivity index (χ2n) is 4.82. The Morgan fingerprint density at radius 1 is 1.24 bits per heavy atom. The number of rotatable bonds is 2. The molecule has 1 fully saturated rings. The number of carboxylic acid groups (broad SMARTS) is 1. The topological polar surface area (TPSA) is 55.8 Å². The van der Waals surface area contributed by atoms with Gasteiger partial charge in [0.15, 0.2) is 11.4 Å². The SMILES string of the molecule is CC1(C)O[C@@H](c2ccccc2)[C@](C)(C(=O)O)O1. The highest BCUT2D eigenvalue weighted by atomic mass is 16.8. The third kappa shape index (κ3) is 2.06. The van der Waals surface area contributed by atoms with Gasteiger partial charge in [-0.1, -0.05) is 30.3 Å². The van der Waals surface area contributed by atoms with E-state index in [-0.39, 0.29) is 0 Å². The summed E-state index contributed by atoms with van der Waals surface area (Å²) in [6.07, 6.45) is -0.601. The van der Waals surface area contributed by atoms with Gasteiger partial charge in [-0.3, -0.25) is 0 Å². The van der Waals surface area contributed by atoms with E-state index < -0.39 is 23.5 Å². The Kier molecular flexibility index (Phi) is 2.72. The Balaban J connectivity index is 2.42. The van der Waals surface area contributed by atoms with E-state index in [1.165, 1.54) is 0 Å². The number of hydrogen-bond donors (Lipinski definition) is 1. The minimum atomic E-state index is -1.36. The van der Waals surface area contributed by atoms with Gasteiger partial charge in [0.2, 0.25) is 0 Å². The molecule has 4 heteroatoms. The number of carboxylic acids is 1. The number of aliphatic carboxylic acids is 1. The van der Waals surface area contributed by atoms with Crippen molar-refractivity contribution < 1.29 is 19.4 Å². The van der Waals surface area contributed by atoms with Crippen molar-refractivity contribution in [1.82, 2.24) is 0 Å². The molecule has 92 valence electrons. The lowest BCUT2D eigenvalue weighted by Gasteiger charge is -2.24. The van der Waals surface area contributed by atoms with E-state index in [4.69, 9.17) is 9.47 Å². The van der Waals surface area contributed by atoms with Gasteiger partial charge in [-0.25, -0.2) is 4.79 Å². The molecule has 1 aliphatic rings. The van der Waals surface area contributed by atoms with Gasteiger partial charge in [0, 0.05) is 0 Å². The molecule has 0 amide bonds. The first-order valence-electron chi connectivity index (χ1n) is 5.51. The predicted molar refractivity (Wildman–Crippen MR) is 61.5 cm³/mol. The lowest BCUT2D eigenvalue weighted by atomic mass is 9.93. The Labute approximate surface area is 100 Å². The van der Waals surface area contributed by atoms with Crippen molar-refractivity contribution in [3.05, 3.63) is 35.9 Å². The zero-order chi connectivity index (χ0) is 12.7. The molecule has 1 N–H and O–H groups in total. The van der Waals surface area contributed by atoms with Crippen LogP contribution in [0.1, 0.15) is 32.4 Å². The Morgan fingerprint density at radius 3 is 2.35 bits per heavy atom. The van der Waals surface area contributed by atoms with Crippen LogP contribution in [0.15, 0.2) is 30.3 Å². The van der Waals surface area contributed by atoms with Gasteiger partial charge in [-0.2, -0.15) is 0 Å². The van der Waals surface area contributed by atoms with Gasteiger partial charge >= 0.3 is 5.97 Å². The Morgan fingerprint density at radius 2 is 1.82 bits per heavy atom. The van der Waals surface area contributed by atoms with Crippen molar-refractivity contribution in [1.29, 1.82) is 0 Å². The summed E-state index contributed by atoms with van der Waals surface area (Å²) in [5, 5.41) is 9.33. The van der Waals surface area contributed by atoms with Crippen LogP contribution in [0.4, 0.5) is 0 Å². The maximum Gasteiger partial charge on any atom is 0.338 e. The molecule has 4 nitrogen and oxygen atoms in total. The fourth-order valence-corrected chi connectivity index (χ4v) is 2.15. The number of hydrogen-bond acceptors (Lipinski definition) is 3. The summed E-state index contributed by atoms with van der Waals surface area (Å²) < 4.78 is 11.3. The van der Waals surface area contributed by atoms with Gasteiger partial charge in [-0.05, 0) is 26.3 Å². The molecule has 0 aliphatic carbocycles. The molecule has 0 saturated carbocycles. The monoisotopic (exact) mass is 236 g/mol. The minimum absolute atomic E-state index is 0.601. The lowest BCUT2D eigenvalue weighted by molar-refractivity contribution is -0.182. The van der Waals surface area contributed by atoms with Crippen LogP contribution < -0.4 is 0 Å². The molecule has 2 atom stereocenters. The van der Waals surface area contributed by atoms with Crippen LogP contribution in [0.25, 0.3) is 0 Å². The van der Waals surface area contributed by atoms with Crippen LogP contribution in [0.3, 0.4) is 0 Å². The van der Waals surface area contributed by atoms with Gasteiger partial charge in [-0.15, -0.1) is 0 Å². The van der Waals surface area contributed by atoms with Crippen molar-refractivity contribution in [3.63, 3.8) is 0 Å². The van der Waals surface area contributed by atoms with Crippen molar-refractivity contribution >= 4 is 5.97 Å². The van der Waals surface area contributed by atoms with Crippen molar-refractivity contribution in [2.75, 3.05) is 0 Å². The maximum absolute atomic E-state index is 11.4. The zero-order valence-corrected chi connectivity index (χ0v) is 10.1. The smallest absolute Gasteiger partial charge is 0.338 e. The van der Waals surface area contributed by atoms with Crippen molar-refractivity contribution in [3.8, 4) is 0 Å². The molecule has 1 aromatic rings. The first-order chi connectivity index (χ1) is 7.85. The quantitative estimate of drug-likeness (QED) is 0.856. The standard InChI is InChI=1S/C13H16O4/c1-12(2)16-10(9-7-5-4-6-8-9)13(3,17-12)11(14)15/h4-8,10H,1-3H3,(H,14,15)/t10-,13+/m0/s1. The third-order valence-corrected chi connectivity index (χ3v) is 2.89. The number of benzene rings is 1. The molecule has 17 heavy (non-hydrogen) atoms. The van der Waals surface area contributed by atoms with Crippen LogP contribution in [-0.2, 0) is 14.3 Å². The van der Waals surface area contributed by atoms with Crippen LogP contribution in [0.5, 0.6) is 0 Å². The highest BCUT2D eigenvalue weighted by molar-refractivity contribution is 5.78. The summed E-state index contributed by atoms with van der Waals surface area (Å²) in [5.41, 5.74) is -0.548. The summed E-state index contributed by atoms with van der Waals surface area (Å²) >= 11 is 0. The summed E-state index contributed by atoms with van der Waals surface area (Å²) in [5.74, 6) is -1.91. The number of carbonyl (C=O) groups is 1. The Bertz CT molecular complexity index is 426. The summed E-state index contributed by atoms with van der Waals surface area (Å²) in [7, 11) is 0. The van der Waals surface area contributed by atoms with Crippen LogP contribution in [-0.4, -0.2) is 22.5 Å². The summed E-state index contributed by atoms with van der Waals surface area (Å²) in [6.45, 7) is 4.98. The van der Waals surface area contributed by atoms with E-state index in [0.717, 1.165) is 5.56 Å². The lowest BCUT2D eigenvalue weighted by Crippen LogP contribution is -2.41. The maximum atomic E-state index is 11.4. The largest absolute Gasteiger partial charge is 0.479 e. The average molecular weight is 236 g/mol. The average Bonchev–Trinajstić information content (AvgIpc) is 2.51. The second-order valence-corrected chi connectivity index (χ2v) is 4.82. The van der Waals surface area contributed by atoms with Gasteiger partial charge in [0.1, 0.15) is 6.10 Å². The fourth-order valence-electron chi connectivity index (χ4n) is 2.15. The molecule has 1 heterocycles. The van der Waals surface area contributed by atoms with Crippen LogP contribution in [0, 0.1) is 0 Å². The predicted octanol–water partition coefficient (Wildman–Crippen LogP) is 2.35. The second kappa shape index (κ2) is 3.82. The fraction of sp³-hybridized carbons (Fsp3) is 0.462. The van der Waals surface area contributed by atoms with E-state index in [0.29, 0.717) is 0 Å². The molecule has 0 spiro atoms. The van der Waals surface area contributed by atoms with E-state index >= 15 is 0 Å². The first kappa shape index (κ1) is 12.1. The Hall–Kier alpha value is -1.39. The van der Waals surface area contributed by atoms with E-state index in [9.17, 15) is 9.90 Å². The molecular formula is C13H16O4. The third-order valence-electron chi connectivity index (χ3n) is 2.89. The molecule has 0 aromatic heterocycles. The summed E-state index contributed by atoms with van der Waals surface area (Å²) in [6, 6.07) is 9.27. The van der Waals surface area contributed by atoms with Gasteiger partial charge in [0.05, 0.1) is 0 Å². The molecule has 2 rings (SSSR count). The first-order valence-corrected chi connectivity index (χ1v) is 5.51. The summed E-state index contributed by atoms with van der Waals surface area (Å²) in [4.78, 5) is 11.4. The minimum Gasteiger partial charge on any atom is -0.479 e. The molecule has 0 unspecified atom stereocenters. The van der Waals surface area contributed by atoms with E-state index in [2.05, 4.69) is 0 Å². The van der Waals surface area contributed by atoms with Crippen LogP contribution >= 0.6 is 0 Å². The number of ether oxygens (including phenoxy) is 2. The molecule has 1 aliphatic heterocycles. The van der Waals surface area contributed by atoms with E-state index in [1.807, 2.05) is 30.3 Å². The molecular weight excluding hydrogens is 220 g/mol. The molecule has 0 bridgehead atoms. The van der Waals surface area contributed by atoms with Crippen molar-refractivity contribution in [2.45, 2.75) is 38.3 Å². The molecule has 1 aromatic carbocycles. The highest BCUT2D eigenvalue weighted by Gasteiger charge is 2.55. The van der Waals surface area contributed by atoms with E-state index in [1.54, 1.807) is 20.8 Å². The molecule has 1 saturated heterocycles. The van der Waals surface area contributed by atoms with Gasteiger partial charge in [0.25, 0.3) is 0 Å². The van der Waals surface area contributed by atoms with Crippen LogP contribution in [0.2, 0.25) is 0 Å². The highest BCUT2D eigenvalue weighted by Crippen LogP contribution is 2.45. The normalized spacial score (nSPS) is 31.4. The van der Waals surface area contributed by atoms with Crippen molar-refractivity contribution in [2.24, 2.45) is 0 Å². The zero-order valence-electron chi connectivity index (χ0n) is 10.1. The molecule has 0 radical (unpaired) electrons.